The molecule has 2 aliphatic heterocycles. The molecule has 1 saturated heterocycles. The summed E-state index contributed by atoms with van der Waals surface area (Å²) in [7, 11) is 2.10. The van der Waals surface area contributed by atoms with Gasteiger partial charge in [-0.05, 0) is 59.6 Å². The van der Waals surface area contributed by atoms with E-state index >= 15 is 0 Å². The number of aliphatic imine (C=N–C) groups is 1. The van der Waals surface area contributed by atoms with Crippen molar-refractivity contribution in [3.63, 3.8) is 0 Å². The van der Waals surface area contributed by atoms with Crippen molar-refractivity contribution >= 4 is 23.2 Å². The van der Waals surface area contributed by atoms with Gasteiger partial charge in [-0.3, -0.25) is 4.99 Å². The fourth-order valence-electron chi connectivity index (χ4n) is 4.08. The summed E-state index contributed by atoms with van der Waals surface area (Å²) < 4.78 is 20.0. The van der Waals surface area contributed by atoms with Crippen LogP contribution in [0.25, 0.3) is 16.7 Å². The van der Waals surface area contributed by atoms with Gasteiger partial charge in [0.1, 0.15) is 5.82 Å². The first-order valence-electron chi connectivity index (χ1n) is 10.5. The third kappa shape index (κ3) is 4.11. The van der Waals surface area contributed by atoms with Gasteiger partial charge in [0.15, 0.2) is 0 Å². The first kappa shape index (κ1) is 19.6. The Kier molecular flexibility index (Phi) is 5.30. The summed E-state index contributed by atoms with van der Waals surface area (Å²) in [5.74, 6) is -0.197. The van der Waals surface area contributed by atoms with Crippen LogP contribution in [0.3, 0.4) is 0 Å². The van der Waals surface area contributed by atoms with Gasteiger partial charge in [0.2, 0.25) is 0 Å². The van der Waals surface area contributed by atoms with Crippen LogP contribution in [-0.4, -0.2) is 50.9 Å². The average molecular weight is 417 g/mol. The van der Waals surface area contributed by atoms with Crippen molar-refractivity contribution in [2.45, 2.75) is 0 Å². The zero-order valence-corrected chi connectivity index (χ0v) is 17.5. The Morgan fingerprint density at radius 2 is 1.90 bits per heavy atom. The molecule has 0 bridgehead atoms. The second kappa shape index (κ2) is 8.40. The molecule has 31 heavy (non-hydrogen) atoms. The van der Waals surface area contributed by atoms with E-state index in [1.165, 1.54) is 0 Å². The van der Waals surface area contributed by atoms with E-state index in [1.54, 1.807) is 18.6 Å². The molecule has 158 valence electrons. The predicted octanol–water partition coefficient (Wildman–Crippen LogP) is 4.72. The molecule has 0 aliphatic carbocycles. The zero-order chi connectivity index (χ0) is 21.2. The van der Waals surface area contributed by atoms with Gasteiger partial charge in [-0.25, -0.2) is 4.39 Å². The molecule has 5 nitrogen and oxygen atoms in total. The van der Waals surface area contributed by atoms with Gasteiger partial charge in [0, 0.05) is 49.8 Å². The van der Waals surface area contributed by atoms with Crippen LogP contribution >= 0.6 is 0 Å². The smallest absolute Gasteiger partial charge is 0.148 e. The molecular weight excluding hydrogens is 391 g/mol. The van der Waals surface area contributed by atoms with Crippen LogP contribution in [0.5, 0.6) is 0 Å². The molecular formula is C25H25FN4O. The van der Waals surface area contributed by atoms with E-state index in [0.717, 1.165) is 59.7 Å². The van der Waals surface area contributed by atoms with E-state index in [2.05, 4.69) is 45.4 Å². The Bertz CT molecular complexity index is 1130. The Morgan fingerprint density at radius 3 is 2.68 bits per heavy atom. The topological polar surface area (TPSA) is 44.0 Å². The van der Waals surface area contributed by atoms with Gasteiger partial charge >= 0.3 is 0 Å². The first-order chi connectivity index (χ1) is 15.2. The van der Waals surface area contributed by atoms with E-state index in [9.17, 15) is 4.39 Å². The number of likely N-dealkylation sites (N-methyl/N-ethyl adjacent to an activating group) is 1. The molecule has 0 amide bonds. The van der Waals surface area contributed by atoms with E-state index in [4.69, 9.17) is 4.42 Å². The highest BCUT2D eigenvalue weighted by Gasteiger charge is 2.18. The minimum absolute atomic E-state index is 0.197. The van der Waals surface area contributed by atoms with Crippen molar-refractivity contribution in [1.29, 1.82) is 0 Å². The van der Waals surface area contributed by atoms with Crippen molar-refractivity contribution < 1.29 is 8.81 Å². The maximum absolute atomic E-state index is 14.8. The minimum Gasteiger partial charge on any atom is -0.472 e. The Balaban J connectivity index is 1.36. The molecule has 1 N–H and O–H groups in total. The molecule has 0 atom stereocenters. The third-order valence-corrected chi connectivity index (χ3v) is 5.95. The number of piperazine rings is 1. The molecule has 2 aromatic carbocycles. The van der Waals surface area contributed by atoms with Crippen LogP contribution in [0.1, 0.15) is 11.1 Å². The molecule has 5 rings (SSSR count). The molecule has 2 aliphatic rings. The normalized spacial score (nSPS) is 17.7. The summed E-state index contributed by atoms with van der Waals surface area (Å²) in [6, 6.07) is 13.6. The Hall–Kier alpha value is -3.38. The number of nitrogens with zero attached hydrogens (tertiary/aromatic N) is 3. The van der Waals surface area contributed by atoms with Crippen LogP contribution in [0.2, 0.25) is 0 Å². The molecule has 0 spiro atoms. The minimum atomic E-state index is -0.197. The number of rotatable bonds is 4. The van der Waals surface area contributed by atoms with E-state index < -0.39 is 0 Å². The summed E-state index contributed by atoms with van der Waals surface area (Å²) >= 11 is 0. The fourth-order valence-corrected chi connectivity index (χ4v) is 4.08. The average Bonchev–Trinajstić information content (AvgIpc) is 3.33. The Labute approximate surface area is 181 Å². The van der Waals surface area contributed by atoms with Crippen molar-refractivity contribution in [3.05, 3.63) is 78.1 Å². The van der Waals surface area contributed by atoms with Gasteiger partial charge in [-0.2, -0.15) is 0 Å². The largest absolute Gasteiger partial charge is 0.472 e. The number of halogens is 1. The number of fused-ring (bicyclic) bond motifs is 1. The monoisotopic (exact) mass is 416 g/mol. The lowest BCUT2D eigenvalue weighted by atomic mass is 9.94. The highest BCUT2D eigenvalue weighted by molar-refractivity contribution is 5.94. The molecule has 1 aromatic heterocycles. The van der Waals surface area contributed by atoms with E-state index in [-0.39, 0.29) is 5.82 Å². The first-order valence-corrected chi connectivity index (χ1v) is 10.5. The van der Waals surface area contributed by atoms with Crippen LogP contribution in [0, 0.1) is 5.82 Å². The number of benzene rings is 2. The molecule has 1 fully saturated rings. The second-order valence-electron chi connectivity index (χ2n) is 8.05. The summed E-state index contributed by atoms with van der Waals surface area (Å²) in [6.45, 7) is 4.17. The van der Waals surface area contributed by atoms with Crippen LogP contribution < -0.4 is 10.2 Å². The third-order valence-electron chi connectivity index (χ3n) is 5.95. The highest BCUT2D eigenvalue weighted by atomic mass is 19.1. The van der Waals surface area contributed by atoms with Crippen molar-refractivity contribution in [3.8, 4) is 11.1 Å². The number of anilines is 2. The zero-order valence-electron chi connectivity index (χ0n) is 17.5. The molecule has 0 saturated carbocycles. The second-order valence-corrected chi connectivity index (χ2v) is 8.05. The van der Waals surface area contributed by atoms with Gasteiger partial charge < -0.3 is 19.5 Å². The lowest BCUT2D eigenvalue weighted by molar-refractivity contribution is 0.311. The molecule has 3 aromatic rings. The van der Waals surface area contributed by atoms with Crippen LogP contribution in [0.4, 0.5) is 15.8 Å². The van der Waals surface area contributed by atoms with Gasteiger partial charge in [-0.1, -0.05) is 12.1 Å². The van der Waals surface area contributed by atoms with Crippen molar-refractivity contribution in [2.24, 2.45) is 4.99 Å². The van der Waals surface area contributed by atoms with Crippen LogP contribution in [0.15, 0.2) is 70.6 Å². The maximum Gasteiger partial charge on any atom is 0.148 e. The predicted molar refractivity (Wildman–Crippen MR) is 124 cm³/mol. The van der Waals surface area contributed by atoms with Crippen molar-refractivity contribution in [1.82, 2.24) is 4.90 Å². The Morgan fingerprint density at radius 1 is 1.03 bits per heavy atom. The number of nitrogens with one attached hydrogen (secondary N) is 1. The number of hydrogen-bond donors (Lipinski definition) is 1. The van der Waals surface area contributed by atoms with Gasteiger partial charge in [0.05, 0.1) is 24.8 Å². The highest BCUT2D eigenvalue weighted by Crippen LogP contribution is 2.29. The number of hydrogen-bond acceptors (Lipinski definition) is 5. The lowest BCUT2D eigenvalue weighted by Crippen LogP contribution is -2.44. The molecule has 3 heterocycles. The van der Waals surface area contributed by atoms with Gasteiger partial charge in [0.25, 0.3) is 0 Å². The molecule has 0 radical (unpaired) electrons. The quantitative estimate of drug-likeness (QED) is 0.668. The summed E-state index contributed by atoms with van der Waals surface area (Å²) in [5.41, 5.74) is 6.79. The van der Waals surface area contributed by atoms with E-state index in [0.29, 0.717) is 12.2 Å². The lowest BCUT2D eigenvalue weighted by Gasteiger charge is -2.34. The molecule has 6 heteroatoms. The SMILES string of the molecule is CN1CCN(c2ccc(N/C=C3\CN=Cc4ccc(-c5ccoc5)cc43)cc2F)CC1. The number of furan rings is 1. The molecule has 0 unspecified atom stereocenters. The fraction of sp³-hybridized carbons (Fsp3) is 0.240. The summed E-state index contributed by atoms with van der Waals surface area (Å²) in [6.07, 6.45) is 7.25. The van der Waals surface area contributed by atoms with Crippen molar-refractivity contribution in [2.75, 3.05) is 50.0 Å². The summed E-state index contributed by atoms with van der Waals surface area (Å²) in [4.78, 5) is 8.84. The van der Waals surface area contributed by atoms with Gasteiger partial charge in [-0.15, -0.1) is 0 Å². The van der Waals surface area contributed by atoms with Crippen LogP contribution in [-0.2, 0) is 0 Å². The standard InChI is InChI=1S/C25H25FN4O/c1-29-7-9-30(10-8-29)25-5-4-22(13-24(25)26)28-16-21-15-27-14-19-3-2-18(12-23(19)21)20-6-11-31-17-20/h2-6,11-14,16-17,28H,7-10,15H2,1H3/b21-16+. The van der Waals surface area contributed by atoms with E-state index in [1.807, 2.05) is 30.6 Å². The summed E-state index contributed by atoms with van der Waals surface area (Å²) in [5, 5.41) is 3.27. The maximum atomic E-state index is 14.8.